The molecule has 0 spiro atoms. The fourth-order valence-corrected chi connectivity index (χ4v) is 3.77. The van der Waals surface area contributed by atoms with E-state index < -0.39 is 0 Å². The fourth-order valence-electron chi connectivity index (χ4n) is 3.77. The highest BCUT2D eigenvalue weighted by molar-refractivity contribution is 5.78. The van der Waals surface area contributed by atoms with Crippen LogP contribution in [0, 0.1) is 5.92 Å². The molecule has 0 bridgehead atoms. The van der Waals surface area contributed by atoms with Gasteiger partial charge >= 0.3 is 0 Å². The fraction of sp³-hybridized carbons (Fsp3) is 0.812. The molecule has 2 N–H and O–H groups in total. The third-order valence-corrected chi connectivity index (χ3v) is 5.05. The summed E-state index contributed by atoms with van der Waals surface area (Å²) in [4.78, 5) is 12.2. The molecule has 1 heterocycles. The summed E-state index contributed by atoms with van der Waals surface area (Å²) in [6, 6.07) is 0.479. The predicted molar refractivity (Wildman–Crippen MR) is 82.0 cm³/mol. The Kier molecular flexibility index (Phi) is 5.08. The second-order valence-corrected chi connectivity index (χ2v) is 6.68. The van der Waals surface area contributed by atoms with Gasteiger partial charge in [0.2, 0.25) is 5.91 Å². The van der Waals surface area contributed by atoms with Gasteiger partial charge in [-0.15, -0.1) is 10.2 Å². The average molecular weight is 306 g/mol. The van der Waals surface area contributed by atoms with Gasteiger partial charge in [-0.1, -0.05) is 25.7 Å². The van der Waals surface area contributed by atoms with E-state index in [-0.39, 0.29) is 17.9 Å². The molecule has 2 aliphatic rings. The molecule has 122 valence electrons. The maximum absolute atomic E-state index is 12.2. The van der Waals surface area contributed by atoms with Crippen molar-refractivity contribution in [3.8, 4) is 0 Å². The minimum atomic E-state index is -0.324. The van der Waals surface area contributed by atoms with Crippen LogP contribution >= 0.6 is 0 Å². The second kappa shape index (κ2) is 7.22. The highest BCUT2D eigenvalue weighted by Crippen LogP contribution is 2.28. The molecule has 3 rings (SSSR count). The quantitative estimate of drug-likeness (QED) is 0.891. The van der Waals surface area contributed by atoms with Crippen LogP contribution in [-0.2, 0) is 11.3 Å². The number of aliphatic hydroxyl groups excluding tert-OH is 1. The number of hydrogen-bond donors (Lipinski definition) is 2. The van der Waals surface area contributed by atoms with E-state index in [1.165, 1.54) is 32.1 Å². The summed E-state index contributed by atoms with van der Waals surface area (Å²) in [5, 5.41) is 20.9. The van der Waals surface area contributed by atoms with Crippen molar-refractivity contribution in [2.45, 2.75) is 76.5 Å². The summed E-state index contributed by atoms with van der Waals surface area (Å²) >= 11 is 0. The maximum atomic E-state index is 12.2. The van der Waals surface area contributed by atoms with E-state index in [0.29, 0.717) is 19.0 Å². The number of aliphatic hydroxyl groups is 1. The lowest BCUT2D eigenvalue weighted by Crippen LogP contribution is -2.35. The molecule has 2 fully saturated rings. The Morgan fingerprint density at radius 1 is 1.23 bits per heavy atom. The number of aromatic nitrogens is 3. The summed E-state index contributed by atoms with van der Waals surface area (Å²) in [6.45, 7) is 0.432. The normalized spacial score (nSPS) is 26.8. The monoisotopic (exact) mass is 306 g/mol. The topological polar surface area (TPSA) is 80.0 Å². The first-order chi connectivity index (χ1) is 10.7. The van der Waals surface area contributed by atoms with Crippen LogP contribution in [-0.4, -0.2) is 31.9 Å². The zero-order chi connectivity index (χ0) is 15.4. The zero-order valence-corrected chi connectivity index (χ0v) is 13.1. The molecule has 0 radical (unpaired) electrons. The lowest BCUT2D eigenvalue weighted by atomic mass is 9.87. The Morgan fingerprint density at radius 2 is 2.05 bits per heavy atom. The van der Waals surface area contributed by atoms with Gasteiger partial charge in [0.25, 0.3) is 0 Å². The van der Waals surface area contributed by atoms with Crippen LogP contribution in [0.25, 0.3) is 0 Å². The van der Waals surface area contributed by atoms with Crippen molar-refractivity contribution in [3.05, 3.63) is 12.2 Å². The van der Waals surface area contributed by atoms with Crippen LogP contribution in [0.3, 0.4) is 0 Å². The van der Waals surface area contributed by atoms with Crippen LogP contribution < -0.4 is 5.32 Å². The molecule has 0 aromatic carbocycles. The molecule has 0 saturated heterocycles. The first-order valence-corrected chi connectivity index (χ1v) is 8.58. The van der Waals surface area contributed by atoms with Gasteiger partial charge in [-0.05, 0) is 32.1 Å². The third-order valence-electron chi connectivity index (χ3n) is 5.05. The second-order valence-electron chi connectivity index (χ2n) is 6.68. The Bertz CT molecular complexity index is 496. The van der Waals surface area contributed by atoms with Crippen molar-refractivity contribution in [1.29, 1.82) is 0 Å². The first-order valence-electron chi connectivity index (χ1n) is 8.58. The number of carbonyl (C=O) groups excluding carboxylic acids is 1. The number of carbonyl (C=O) groups is 1. The van der Waals surface area contributed by atoms with Crippen molar-refractivity contribution in [2.24, 2.45) is 5.92 Å². The van der Waals surface area contributed by atoms with E-state index in [1.54, 1.807) is 6.33 Å². The molecule has 22 heavy (non-hydrogen) atoms. The van der Waals surface area contributed by atoms with Crippen molar-refractivity contribution >= 4 is 5.91 Å². The minimum Gasteiger partial charge on any atom is -0.393 e. The van der Waals surface area contributed by atoms with Crippen LogP contribution in [0.15, 0.2) is 6.33 Å². The number of hydrogen-bond acceptors (Lipinski definition) is 4. The van der Waals surface area contributed by atoms with Gasteiger partial charge in [-0.2, -0.15) is 0 Å². The lowest BCUT2D eigenvalue weighted by molar-refractivity contribution is -0.127. The summed E-state index contributed by atoms with van der Waals surface area (Å²) < 4.78 is 2.13. The van der Waals surface area contributed by atoms with E-state index in [1.807, 2.05) is 0 Å². The van der Waals surface area contributed by atoms with Crippen molar-refractivity contribution in [2.75, 3.05) is 0 Å². The van der Waals surface area contributed by atoms with Gasteiger partial charge in [0.05, 0.1) is 12.6 Å². The third kappa shape index (κ3) is 3.66. The van der Waals surface area contributed by atoms with Gasteiger partial charge in [0, 0.05) is 12.0 Å². The molecule has 2 aliphatic carbocycles. The first kappa shape index (κ1) is 15.5. The highest BCUT2D eigenvalue weighted by Gasteiger charge is 2.26. The standard InChI is InChI=1S/C16H26N4O2/c21-14-8-4-5-12(9-14)16(22)17-10-15-19-18-11-20(15)13-6-2-1-3-7-13/h11-14,21H,1-10H2,(H,17,22)/t12-,14-/m1/s1. The Balaban J connectivity index is 1.55. The highest BCUT2D eigenvalue weighted by atomic mass is 16.3. The lowest BCUT2D eigenvalue weighted by Gasteiger charge is -2.26. The van der Waals surface area contributed by atoms with Gasteiger partial charge < -0.3 is 15.0 Å². The molecule has 1 aromatic rings. The number of nitrogens with one attached hydrogen (secondary N) is 1. The summed E-state index contributed by atoms with van der Waals surface area (Å²) in [6.07, 6.45) is 10.9. The molecule has 6 heteroatoms. The largest absolute Gasteiger partial charge is 0.393 e. The zero-order valence-electron chi connectivity index (χ0n) is 13.1. The van der Waals surface area contributed by atoms with Crippen molar-refractivity contribution in [3.63, 3.8) is 0 Å². The molecular formula is C16H26N4O2. The molecule has 2 saturated carbocycles. The van der Waals surface area contributed by atoms with Crippen LogP contribution in [0.4, 0.5) is 0 Å². The Hall–Kier alpha value is -1.43. The van der Waals surface area contributed by atoms with Crippen LogP contribution in [0.2, 0.25) is 0 Å². The summed E-state index contributed by atoms with van der Waals surface area (Å²) in [5.74, 6) is 0.823. The Morgan fingerprint density at radius 3 is 2.82 bits per heavy atom. The average Bonchev–Trinajstić information content (AvgIpc) is 3.02. The Labute approximate surface area is 131 Å². The molecule has 1 amide bonds. The molecular weight excluding hydrogens is 280 g/mol. The molecule has 2 atom stereocenters. The molecule has 0 unspecified atom stereocenters. The predicted octanol–water partition coefficient (Wildman–Crippen LogP) is 1.95. The van der Waals surface area contributed by atoms with E-state index in [9.17, 15) is 9.90 Å². The van der Waals surface area contributed by atoms with Crippen molar-refractivity contribution < 1.29 is 9.90 Å². The van der Waals surface area contributed by atoms with Crippen LogP contribution in [0.1, 0.15) is 69.7 Å². The molecule has 0 aliphatic heterocycles. The van der Waals surface area contributed by atoms with Gasteiger partial charge in [-0.25, -0.2) is 0 Å². The molecule has 1 aromatic heterocycles. The number of nitrogens with zero attached hydrogens (tertiary/aromatic N) is 3. The van der Waals surface area contributed by atoms with E-state index >= 15 is 0 Å². The summed E-state index contributed by atoms with van der Waals surface area (Å²) in [7, 11) is 0. The number of amides is 1. The molecule has 6 nitrogen and oxygen atoms in total. The van der Waals surface area contributed by atoms with E-state index in [4.69, 9.17) is 0 Å². The minimum absolute atomic E-state index is 0.0388. The van der Waals surface area contributed by atoms with Gasteiger partial charge in [0.1, 0.15) is 6.33 Å². The number of rotatable bonds is 4. The van der Waals surface area contributed by atoms with Crippen LogP contribution in [0.5, 0.6) is 0 Å². The van der Waals surface area contributed by atoms with E-state index in [2.05, 4.69) is 20.1 Å². The smallest absolute Gasteiger partial charge is 0.223 e. The van der Waals surface area contributed by atoms with Gasteiger partial charge in [0.15, 0.2) is 5.82 Å². The van der Waals surface area contributed by atoms with E-state index in [0.717, 1.165) is 25.1 Å². The van der Waals surface area contributed by atoms with Gasteiger partial charge in [-0.3, -0.25) is 4.79 Å². The maximum Gasteiger partial charge on any atom is 0.223 e. The van der Waals surface area contributed by atoms with Crippen molar-refractivity contribution in [1.82, 2.24) is 20.1 Å². The summed E-state index contributed by atoms with van der Waals surface area (Å²) in [5.41, 5.74) is 0. The SMILES string of the molecule is O=C(NCc1nncn1C1CCCCC1)[C@@H]1CCC[C@@H](O)C1.